The van der Waals surface area contributed by atoms with Crippen molar-refractivity contribution in [2.75, 3.05) is 13.6 Å². The third-order valence-electron chi connectivity index (χ3n) is 4.30. The molecule has 28 heavy (non-hydrogen) atoms. The highest BCUT2D eigenvalue weighted by molar-refractivity contribution is 14.0. The molecule has 0 aliphatic rings. The molecule has 0 saturated carbocycles. The Bertz CT molecular complexity index is 888. The Kier molecular flexibility index (Phi) is 8.91. The lowest BCUT2D eigenvalue weighted by Gasteiger charge is -2.11. The number of hydrogen-bond donors (Lipinski definition) is 2. The van der Waals surface area contributed by atoms with Crippen LogP contribution in [-0.2, 0) is 19.4 Å². The van der Waals surface area contributed by atoms with Gasteiger partial charge < -0.3 is 15.2 Å². The molecule has 2 aromatic heterocycles. The van der Waals surface area contributed by atoms with Crippen LogP contribution >= 0.6 is 35.3 Å². The summed E-state index contributed by atoms with van der Waals surface area (Å²) in [6.07, 6.45) is 1.68. The van der Waals surface area contributed by atoms with E-state index in [1.807, 2.05) is 19.1 Å². The third kappa shape index (κ3) is 6.03. The van der Waals surface area contributed by atoms with Crippen molar-refractivity contribution in [3.05, 3.63) is 57.5 Å². The van der Waals surface area contributed by atoms with Crippen LogP contribution in [0, 0.1) is 6.92 Å². The summed E-state index contributed by atoms with van der Waals surface area (Å²) in [5, 5.41) is 12.8. The first-order valence-electron chi connectivity index (χ1n) is 9.09. The van der Waals surface area contributed by atoms with E-state index in [0.717, 1.165) is 43.3 Å². The SMILES string of the molecule is CCc1noc(-c2ccc(CCNC(=NC)NCc3sccc3C)cc2)n1.I. The van der Waals surface area contributed by atoms with E-state index in [2.05, 4.69) is 56.3 Å². The number of guanidine groups is 1. The van der Waals surface area contributed by atoms with Crippen LogP contribution in [0.25, 0.3) is 11.5 Å². The van der Waals surface area contributed by atoms with Crippen molar-refractivity contribution in [1.82, 2.24) is 20.8 Å². The molecule has 8 heteroatoms. The lowest BCUT2D eigenvalue weighted by atomic mass is 10.1. The molecule has 2 N–H and O–H groups in total. The number of nitrogens with one attached hydrogen (secondary N) is 2. The largest absolute Gasteiger partial charge is 0.356 e. The number of aromatic nitrogens is 2. The molecule has 0 aliphatic heterocycles. The predicted octanol–water partition coefficient (Wildman–Crippen LogP) is 4.19. The zero-order valence-corrected chi connectivity index (χ0v) is 19.5. The Morgan fingerprint density at radius 1 is 1.18 bits per heavy atom. The quantitative estimate of drug-likeness (QED) is 0.283. The predicted molar refractivity (Wildman–Crippen MR) is 125 cm³/mol. The number of hydrogen-bond acceptors (Lipinski definition) is 5. The van der Waals surface area contributed by atoms with Crippen molar-refractivity contribution in [3.63, 3.8) is 0 Å². The lowest BCUT2D eigenvalue weighted by Crippen LogP contribution is -2.37. The zero-order chi connectivity index (χ0) is 19.1. The first kappa shape index (κ1) is 22.4. The van der Waals surface area contributed by atoms with Crippen LogP contribution < -0.4 is 10.6 Å². The summed E-state index contributed by atoms with van der Waals surface area (Å²) in [7, 11) is 1.79. The summed E-state index contributed by atoms with van der Waals surface area (Å²) in [5.41, 5.74) is 3.50. The van der Waals surface area contributed by atoms with Gasteiger partial charge in [-0.2, -0.15) is 4.98 Å². The number of rotatable bonds is 7. The van der Waals surface area contributed by atoms with Crippen LogP contribution in [0.3, 0.4) is 0 Å². The van der Waals surface area contributed by atoms with Gasteiger partial charge in [0.2, 0.25) is 0 Å². The minimum atomic E-state index is 0. The number of aliphatic imine (C=N–C) groups is 1. The van der Waals surface area contributed by atoms with Crippen LogP contribution in [0.15, 0.2) is 45.2 Å². The number of aryl methyl sites for hydroxylation is 2. The van der Waals surface area contributed by atoms with Gasteiger partial charge in [0.25, 0.3) is 5.89 Å². The van der Waals surface area contributed by atoms with Crippen molar-refractivity contribution in [2.45, 2.75) is 33.2 Å². The van der Waals surface area contributed by atoms with E-state index in [1.54, 1.807) is 18.4 Å². The number of nitrogens with zero attached hydrogens (tertiary/aromatic N) is 3. The molecular weight excluding hydrogens is 485 g/mol. The molecule has 6 nitrogen and oxygen atoms in total. The maximum atomic E-state index is 5.28. The molecule has 0 fully saturated rings. The van der Waals surface area contributed by atoms with Crippen LogP contribution in [0.4, 0.5) is 0 Å². The van der Waals surface area contributed by atoms with Gasteiger partial charge >= 0.3 is 0 Å². The fourth-order valence-corrected chi connectivity index (χ4v) is 3.47. The molecule has 0 atom stereocenters. The first-order valence-corrected chi connectivity index (χ1v) is 9.97. The van der Waals surface area contributed by atoms with Crippen LogP contribution in [-0.4, -0.2) is 29.7 Å². The van der Waals surface area contributed by atoms with E-state index in [9.17, 15) is 0 Å². The molecule has 3 rings (SSSR count). The molecule has 0 aliphatic carbocycles. The minimum Gasteiger partial charge on any atom is -0.356 e. The Morgan fingerprint density at radius 3 is 2.57 bits per heavy atom. The molecule has 0 amide bonds. The van der Waals surface area contributed by atoms with E-state index in [4.69, 9.17) is 4.52 Å². The molecule has 2 heterocycles. The van der Waals surface area contributed by atoms with Crippen LogP contribution in [0.5, 0.6) is 0 Å². The van der Waals surface area contributed by atoms with E-state index in [1.165, 1.54) is 16.0 Å². The van der Waals surface area contributed by atoms with Gasteiger partial charge in [0.15, 0.2) is 11.8 Å². The third-order valence-corrected chi connectivity index (χ3v) is 5.32. The second-order valence-corrected chi connectivity index (χ2v) is 7.20. The standard InChI is InChI=1S/C20H25N5OS.HI/c1-4-18-24-19(26-25-18)16-7-5-15(6-8-16)9-11-22-20(21-3)23-13-17-14(2)10-12-27-17;/h5-8,10,12H,4,9,11,13H2,1-3H3,(H2,21,22,23);1H. The fourth-order valence-electron chi connectivity index (χ4n) is 2.62. The maximum Gasteiger partial charge on any atom is 0.257 e. The average molecular weight is 511 g/mol. The van der Waals surface area contributed by atoms with Gasteiger partial charge in [-0.25, -0.2) is 0 Å². The minimum absolute atomic E-state index is 0. The smallest absolute Gasteiger partial charge is 0.257 e. The molecular formula is C20H26IN5OS. The fraction of sp³-hybridized carbons (Fsp3) is 0.350. The Balaban J connectivity index is 0.00000280. The van der Waals surface area contributed by atoms with Gasteiger partial charge in [-0.1, -0.05) is 24.2 Å². The molecule has 0 spiro atoms. The molecule has 0 bridgehead atoms. The highest BCUT2D eigenvalue weighted by atomic mass is 127. The molecule has 0 unspecified atom stereocenters. The Labute approximate surface area is 186 Å². The maximum absolute atomic E-state index is 5.28. The van der Waals surface area contributed by atoms with E-state index >= 15 is 0 Å². The van der Waals surface area contributed by atoms with E-state index < -0.39 is 0 Å². The lowest BCUT2D eigenvalue weighted by molar-refractivity contribution is 0.423. The molecule has 150 valence electrons. The van der Waals surface area contributed by atoms with E-state index in [0.29, 0.717) is 5.89 Å². The van der Waals surface area contributed by atoms with Gasteiger partial charge in [-0.3, -0.25) is 4.99 Å². The monoisotopic (exact) mass is 511 g/mol. The van der Waals surface area contributed by atoms with Crippen LogP contribution in [0.2, 0.25) is 0 Å². The summed E-state index contributed by atoms with van der Waals surface area (Å²) in [6.45, 7) is 5.74. The molecule has 0 saturated heterocycles. The van der Waals surface area contributed by atoms with E-state index in [-0.39, 0.29) is 24.0 Å². The Hall–Kier alpha value is -1.94. The number of benzene rings is 1. The molecule has 1 aromatic carbocycles. The summed E-state index contributed by atoms with van der Waals surface area (Å²) in [4.78, 5) is 9.98. The summed E-state index contributed by atoms with van der Waals surface area (Å²) in [6, 6.07) is 10.4. The van der Waals surface area contributed by atoms with Crippen LogP contribution in [0.1, 0.15) is 28.8 Å². The normalized spacial score (nSPS) is 11.2. The van der Waals surface area contributed by atoms with Gasteiger partial charge in [0.05, 0.1) is 6.54 Å². The zero-order valence-electron chi connectivity index (χ0n) is 16.4. The van der Waals surface area contributed by atoms with Crippen molar-refractivity contribution in [3.8, 4) is 11.5 Å². The first-order chi connectivity index (χ1) is 13.2. The summed E-state index contributed by atoms with van der Waals surface area (Å²) >= 11 is 1.76. The molecule has 0 radical (unpaired) electrons. The second-order valence-electron chi connectivity index (χ2n) is 6.20. The topological polar surface area (TPSA) is 75.3 Å². The number of thiophene rings is 1. The van der Waals surface area contributed by atoms with Gasteiger partial charge in [0, 0.05) is 30.5 Å². The highest BCUT2D eigenvalue weighted by Gasteiger charge is 2.07. The van der Waals surface area contributed by atoms with Crippen molar-refractivity contribution >= 4 is 41.3 Å². The Morgan fingerprint density at radius 2 is 1.96 bits per heavy atom. The van der Waals surface area contributed by atoms with Crippen molar-refractivity contribution in [2.24, 2.45) is 4.99 Å². The summed E-state index contributed by atoms with van der Waals surface area (Å²) in [5.74, 6) is 2.12. The van der Waals surface area contributed by atoms with Gasteiger partial charge in [-0.05, 0) is 48.1 Å². The second kappa shape index (κ2) is 11.2. The summed E-state index contributed by atoms with van der Waals surface area (Å²) < 4.78 is 5.28. The van der Waals surface area contributed by atoms with Crippen molar-refractivity contribution in [1.29, 1.82) is 0 Å². The van der Waals surface area contributed by atoms with Gasteiger partial charge in [0.1, 0.15) is 0 Å². The average Bonchev–Trinajstić information content (AvgIpc) is 3.34. The highest BCUT2D eigenvalue weighted by Crippen LogP contribution is 2.18. The molecule has 3 aromatic rings. The van der Waals surface area contributed by atoms with Crippen molar-refractivity contribution < 1.29 is 4.52 Å². The number of halogens is 1. The van der Waals surface area contributed by atoms with Gasteiger partial charge in [-0.15, -0.1) is 35.3 Å².